The van der Waals surface area contributed by atoms with Gasteiger partial charge in [0.25, 0.3) is 0 Å². The number of hydrogen-bond acceptors (Lipinski definition) is 2. The maximum atomic E-state index is 6.30. The molecule has 0 radical (unpaired) electrons. The summed E-state index contributed by atoms with van der Waals surface area (Å²) in [5.41, 5.74) is 12.9. The average Bonchev–Trinajstić information content (AvgIpc) is 3.62. The molecule has 0 saturated carbocycles. The molecular formula is C47H33NO. The number of para-hydroxylation sites is 1. The summed E-state index contributed by atoms with van der Waals surface area (Å²) in [6.45, 7) is 4.68. The smallest absolute Gasteiger partial charge is 0.136 e. The van der Waals surface area contributed by atoms with Crippen LogP contribution in [0, 0.1) is 0 Å². The number of rotatable bonds is 4. The molecule has 0 saturated heterocycles. The molecule has 2 heteroatoms. The molecule has 0 bridgehead atoms. The van der Waals surface area contributed by atoms with E-state index in [4.69, 9.17) is 4.42 Å². The van der Waals surface area contributed by atoms with E-state index in [0.717, 1.165) is 44.4 Å². The Labute approximate surface area is 285 Å². The van der Waals surface area contributed by atoms with Crippen LogP contribution in [-0.4, -0.2) is 0 Å². The Kier molecular flexibility index (Phi) is 5.95. The number of furan rings is 1. The van der Waals surface area contributed by atoms with Crippen molar-refractivity contribution in [3.63, 3.8) is 0 Å². The van der Waals surface area contributed by atoms with Gasteiger partial charge in [0.1, 0.15) is 11.2 Å². The zero-order chi connectivity index (χ0) is 32.7. The second-order valence-corrected chi connectivity index (χ2v) is 13.8. The lowest BCUT2D eigenvalue weighted by atomic mass is 9.82. The van der Waals surface area contributed by atoms with Crippen LogP contribution in [0.1, 0.15) is 25.0 Å². The van der Waals surface area contributed by atoms with E-state index in [1.54, 1.807) is 0 Å². The maximum Gasteiger partial charge on any atom is 0.136 e. The van der Waals surface area contributed by atoms with E-state index in [1.807, 2.05) is 12.1 Å². The van der Waals surface area contributed by atoms with E-state index in [1.165, 1.54) is 49.5 Å². The molecule has 1 aromatic heterocycles. The van der Waals surface area contributed by atoms with E-state index in [0.29, 0.717) is 0 Å². The van der Waals surface area contributed by atoms with E-state index in [9.17, 15) is 0 Å². The SMILES string of the molecule is CC1(C)c2ccccc2-c2cc(N(c3ccc(-c4ccc5ccccc5c4)cc3)c3cccc4cc5oc6ccccc6c5cc34)ccc21. The summed E-state index contributed by atoms with van der Waals surface area (Å²) in [5.74, 6) is 0. The van der Waals surface area contributed by atoms with Gasteiger partial charge in [0, 0.05) is 32.9 Å². The highest BCUT2D eigenvalue weighted by Gasteiger charge is 2.35. The van der Waals surface area contributed by atoms with Gasteiger partial charge in [-0.25, -0.2) is 0 Å². The molecule has 1 aliphatic rings. The van der Waals surface area contributed by atoms with E-state index >= 15 is 0 Å². The van der Waals surface area contributed by atoms with Crippen LogP contribution in [-0.2, 0) is 5.41 Å². The summed E-state index contributed by atoms with van der Waals surface area (Å²) in [6, 6.07) is 59.6. The number of anilines is 3. The molecule has 2 nitrogen and oxygen atoms in total. The van der Waals surface area contributed by atoms with E-state index in [-0.39, 0.29) is 5.41 Å². The van der Waals surface area contributed by atoms with Crippen molar-refractivity contribution < 1.29 is 4.42 Å². The van der Waals surface area contributed by atoms with Gasteiger partial charge in [0.15, 0.2) is 0 Å². The molecule has 49 heavy (non-hydrogen) atoms. The van der Waals surface area contributed by atoms with Gasteiger partial charge < -0.3 is 9.32 Å². The van der Waals surface area contributed by atoms with Gasteiger partial charge in [-0.15, -0.1) is 0 Å². The molecule has 0 spiro atoms. The third-order valence-electron chi connectivity index (χ3n) is 10.6. The predicted octanol–water partition coefficient (Wildman–Crippen LogP) is 13.3. The van der Waals surface area contributed by atoms with Crippen molar-refractivity contribution in [3.8, 4) is 22.3 Å². The molecule has 0 fully saturated rings. The van der Waals surface area contributed by atoms with Crippen molar-refractivity contribution in [1.29, 1.82) is 0 Å². The van der Waals surface area contributed by atoms with Crippen LogP contribution in [0.15, 0.2) is 168 Å². The fourth-order valence-electron chi connectivity index (χ4n) is 8.12. The first-order chi connectivity index (χ1) is 24.0. The lowest BCUT2D eigenvalue weighted by Crippen LogP contribution is -2.15. The van der Waals surface area contributed by atoms with E-state index in [2.05, 4.69) is 170 Å². The number of benzene rings is 8. The minimum absolute atomic E-state index is 0.0514. The minimum Gasteiger partial charge on any atom is -0.456 e. The van der Waals surface area contributed by atoms with E-state index < -0.39 is 0 Å². The fraction of sp³-hybridized carbons (Fsp3) is 0.0638. The molecule has 0 unspecified atom stereocenters. The van der Waals surface area contributed by atoms with Crippen molar-refractivity contribution in [2.75, 3.05) is 4.90 Å². The Morgan fingerprint density at radius 3 is 2.04 bits per heavy atom. The van der Waals surface area contributed by atoms with Gasteiger partial charge in [-0.3, -0.25) is 0 Å². The van der Waals surface area contributed by atoms with Crippen LogP contribution in [0.3, 0.4) is 0 Å². The molecular weight excluding hydrogens is 595 g/mol. The third-order valence-corrected chi connectivity index (χ3v) is 10.6. The summed E-state index contributed by atoms with van der Waals surface area (Å²) in [6.07, 6.45) is 0. The summed E-state index contributed by atoms with van der Waals surface area (Å²) >= 11 is 0. The van der Waals surface area contributed by atoms with Gasteiger partial charge in [-0.05, 0) is 104 Å². The Morgan fingerprint density at radius 1 is 0.429 bits per heavy atom. The topological polar surface area (TPSA) is 16.4 Å². The van der Waals surface area contributed by atoms with Gasteiger partial charge in [-0.1, -0.05) is 123 Å². The third kappa shape index (κ3) is 4.27. The van der Waals surface area contributed by atoms with Crippen LogP contribution in [0.2, 0.25) is 0 Å². The van der Waals surface area contributed by atoms with Crippen LogP contribution in [0.4, 0.5) is 17.1 Å². The molecule has 0 amide bonds. The van der Waals surface area contributed by atoms with Gasteiger partial charge in [0.2, 0.25) is 0 Å². The van der Waals surface area contributed by atoms with Crippen molar-refractivity contribution >= 4 is 60.5 Å². The summed E-state index contributed by atoms with van der Waals surface area (Å²) in [5, 5.41) is 7.10. The molecule has 9 aromatic rings. The van der Waals surface area contributed by atoms with Gasteiger partial charge in [-0.2, -0.15) is 0 Å². The van der Waals surface area contributed by atoms with Gasteiger partial charge in [0.05, 0.1) is 5.69 Å². The Hall–Kier alpha value is -6.12. The molecule has 232 valence electrons. The zero-order valence-electron chi connectivity index (χ0n) is 27.4. The Balaban J connectivity index is 1.18. The first-order valence-corrected chi connectivity index (χ1v) is 17.0. The van der Waals surface area contributed by atoms with Crippen LogP contribution < -0.4 is 4.90 Å². The highest BCUT2D eigenvalue weighted by Crippen LogP contribution is 2.51. The number of nitrogens with zero attached hydrogens (tertiary/aromatic N) is 1. The van der Waals surface area contributed by atoms with Crippen LogP contribution >= 0.6 is 0 Å². The Bertz CT molecular complexity index is 2750. The van der Waals surface area contributed by atoms with Gasteiger partial charge >= 0.3 is 0 Å². The first-order valence-electron chi connectivity index (χ1n) is 17.0. The standard InChI is InChI=1S/C47H33NO/c1-47(2)42-15-7-5-13-37(42)40-28-36(24-25-43(40)47)48(35-22-20-31(21-23-35)33-19-18-30-10-3-4-11-32(30)26-33)44-16-9-12-34-27-46-41(29-39(34)44)38-14-6-8-17-45(38)49-46/h3-29H,1-2H3. The second-order valence-electron chi connectivity index (χ2n) is 13.8. The number of fused-ring (bicyclic) bond motifs is 8. The van der Waals surface area contributed by atoms with Crippen molar-refractivity contribution in [2.45, 2.75) is 19.3 Å². The van der Waals surface area contributed by atoms with Crippen molar-refractivity contribution in [1.82, 2.24) is 0 Å². The minimum atomic E-state index is -0.0514. The largest absolute Gasteiger partial charge is 0.456 e. The molecule has 1 heterocycles. The summed E-state index contributed by atoms with van der Waals surface area (Å²) < 4.78 is 6.30. The van der Waals surface area contributed by atoms with Crippen molar-refractivity contribution in [3.05, 3.63) is 175 Å². The van der Waals surface area contributed by atoms with Crippen LogP contribution in [0.25, 0.3) is 65.7 Å². The lowest BCUT2D eigenvalue weighted by molar-refractivity contribution is 0.660. The second kappa shape index (κ2) is 10.4. The highest BCUT2D eigenvalue weighted by molar-refractivity contribution is 6.13. The summed E-state index contributed by atoms with van der Waals surface area (Å²) in [4.78, 5) is 2.43. The van der Waals surface area contributed by atoms with Crippen molar-refractivity contribution in [2.24, 2.45) is 0 Å². The zero-order valence-corrected chi connectivity index (χ0v) is 27.4. The molecule has 0 atom stereocenters. The number of hydrogen-bond donors (Lipinski definition) is 0. The lowest BCUT2D eigenvalue weighted by Gasteiger charge is -2.28. The quantitative estimate of drug-likeness (QED) is 0.193. The summed E-state index contributed by atoms with van der Waals surface area (Å²) in [7, 11) is 0. The molecule has 0 N–H and O–H groups in total. The van der Waals surface area contributed by atoms with Crippen LogP contribution in [0.5, 0.6) is 0 Å². The normalized spacial score (nSPS) is 13.3. The molecule has 10 rings (SSSR count). The molecule has 8 aromatic carbocycles. The molecule has 0 aliphatic heterocycles. The highest BCUT2D eigenvalue weighted by atomic mass is 16.3. The maximum absolute atomic E-state index is 6.30. The predicted molar refractivity (Wildman–Crippen MR) is 206 cm³/mol. The average molecular weight is 628 g/mol. The molecule has 1 aliphatic carbocycles. The first kappa shape index (κ1) is 27.9. The Morgan fingerprint density at radius 2 is 1.14 bits per heavy atom. The monoisotopic (exact) mass is 627 g/mol. The fourth-order valence-corrected chi connectivity index (χ4v) is 8.12.